The van der Waals surface area contributed by atoms with E-state index in [2.05, 4.69) is 22.6 Å². The Balaban J connectivity index is 2.40. The second-order valence-electron chi connectivity index (χ2n) is 3.47. The Bertz CT molecular complexity index is 581. The van der Waals surface area contributed by atoms with Crippen LogP contribution in [-0.2, 0) is 0 Å². The normalized spacial score (nSPS) is 10.3. The first-order chi connectivity index (χ1) is 8.08. The SMILES string of the molecule is O=C(c1cccc(I)c1)c1ccc(F)c(F)c1. The Kier molecular flexibility index (Phi) is 3.51. The van der Waals surface area contributed by atoms with Gasteiger partial charge in [0.25, 0.3) is 0 Å². The number of carbonyl (C=O) groups is 1. The van der Waals surface area contributed by atoms with Gasteiger partial charge in [-0.2, -0.15) is 0 Å². The minimum atomic E-state index is -1.01. The topological polar surface area (TPSA) is 17.1 Å². The van der Waals surface area contributed by atoms with Gasteiger partial charge >= 0.3 is 0 Å². The lowest BCUT2D eigenvalue weighted by molar-refractivity contribution is 0.103. The molecule has 0 N–H and O–H groups in total. The highest BCUT2D eigenvalue weighted by Gasteiger charge is 2.11. The van der Waals surface area contributed by atoms with Crippen molar-refractivity contribution >= 4 is 28.4 Å². The standard InChI is InChI=1S/C13H7F2IO/c14-11-5-4-9(7-12(11)15)13(17)8-2-1-3-10(16)6-8/h1-7H. The molecule has 0 aliphatic carbocycles. The third-order valence-corrected chi connectivity index (χ3v) is 2.94. The summed E-state index contributed by atoms with van der Waals surface area (Å²) in [5, 5.41) is 0. The molecule has 86 valence electrons. The molecule has 0 unspecified atom stereocenters. The van der Waals surface area contributed by atoms with E-state index in [1.165, 1.54) is 6.07 Å². The van der Waals surface area contributed by atoms with Crippen molar-refractivity contribution in [3.8, 4) is 0 Å². The fourth-order valence-electron chi connectivity index (χ4n) is 1.43. The van der Waals surface area contributed by atoms with E-state index in [0.29, 0.717) is 5.56 Å². The first kappa shape index (κ1) is 12.2. The number of carbonyl (C=O) groups excluding carboxylic acids is 1. The molecule has 0 spiro atoms. The van der Waals surface area contributed by atoms with Crippen LogP contribution < -0.4 is 0 Å². The Labute approximate surface area is 111 Å². The van der Waals surface area contributed by atoms with Gasteiger partial charge in [0.05, 0.1) is 0 Å². The molecule has 0 atom stereocenters. The van der Waals surface area contributed by atoms with E-state index < -0.39 is 11.6 Å². The molecule has 1 nitrogen and oxygen atoms in total. The summed E-state index contributed by atoms with van der Waals surface area (Å²) >= 11 is 2.08. The summed E-state index contributed by atoms with van der Waals surface area (Å²) in [5.41, 5.74) is 0.605. The Hall–Kier alpha value is -1.30. The van der Waals surface area contributed by atoms with Crippen LogP contribution in [-0.4, -0.2) is 5.78 Å². The van der Waals surface area contributed by atoms with E-state index in [1.807, 2.05) is 6.07 Å². The van der Waals surface area contributed by atoms with E-state index in [0.717, 1.165) is 15.7 Å². The zero-order valence-corrected chi connectivity index (χ0v) is 10.7. The number of rotatable bonds is 2. The van der Waals surface area contributed by atoms with Crippen LogP contribution in [0.15, 0.2) is 42.5 Å². The summed E-state index contributed by atoms with van der Waals surface area (Å²) in [6, 6.07) is 10.1. The van der Waals surface area contributed by atoms with Crippen LogP contribution in [0, 0.1) is 15.2 Å². The molecule has 2 aromatic carbocycles. The maximum absolute atomic E-state index is 13.0. The molecule has 0 aromatic heterocycles. The van der Waals surface area contributed by atoms with E-state index in [9.17, 15) is 13.6 Å². The van der Waals surface area contributed by atoms with Crippen LogP contribution in [0.1, 0.15) is 15.9 Å². The van der Waals surface area contributed by atoms with Crippen LogP contribution in [0.2, 0.25) is 0 Å². The van der Waals surface area contributed by atoms with Gasteiger partial charge in [-0.1, -0.05) is 12.1 Å². The van der Waals surface area contributed by atoms with Crippen molar-refractivity contribution in [3.63, 3.8) is 0 Å². The van der Waals surface area contributed by atoms with E-state index in [4.69, 9.17) is 0 Å². The van der Waals surface area contributed by atoms with Crippen LogP contribution in [0.4, 0.5) is 8.78 Å². The van der Waals surface area contributed by atoms with E-state index in [1.54, 1.807) is 18.2 Å². The number of benzene rings is 2. The molecule has 2 rings (SSSR count). The van der Waals surface area contributed by atoms with Gasteiger partial charge < -0.3 is 0 Å². The molecule has 2 aromatic rings. The zero-order chi connectivity index (χ0) is 12.4. The maximum atomic E-state index is 13.0. The fourth-order valence-corrected chi connectivity index (χ4v) is 1.98. The molecular formula is C13H7F2IO. The van der Waals surface area contributed by atoms with Crippen LogP contribution in [0.25, 0.3) is 0 Å². The van der Waals surface area contributed by atoms with Crippen molar-refractivity contribution in [2.24, 2.45) is 0 Å². The van der Waals surface area contributed by atoms with Gasteiger partial charge in [0.1, 0.15) is 0 Å². The first-order valence-electron chi connectivity index (χ1n) is 4.83. The first-order valence-corrected chi connectivity index (χ1v) is 5.91. The highest BCUT2D eigenvalue weighted by Crippen LogP contribution is 2.15. The fraction of sp³-hybridized carbons (Fsp3) is 0. The van der Waals surface area contributed by atoms with Gasteiger partial charge in [0.2, 0.25) is 0 Å². The number of ketones is 1. The quantitative estimate of drug-likeness (QED) is 0.598. The van der Waals surface area contributed by atoms with E-state index in [-0.39, 0.29) is 11.3 Å². The predicted octanol–water partition coefficient (Wildman–Crippen LogP) is 3.80. The highest BCUT2D eigenvalue weighted by atomic mass is 127. The van der Waals surface area contributed by atoms with Gasteiger partial charge in [0, 0.05) is 14.7 Å². The Morgan fingerprint density at radius 1 is 0.941 bits per heavy atom. The van der Waals surface area contributed by atoms with Crippen molar-refractivity contribution in [1.29, 1.82) is 0 Å². The maximum Gasteiger partial charge on any atom is 0.193 e. The third-order valence-electron chi connectivity index (χ3n) is 2.27. The summed E-state index contributed by atoms with van der Waals surface area (Å²) in [6.07, 6.45) is 0. The third kappa shape index (κ3) is 2.69. The van der Waals surface area contributed by atoms with Gasteiger partial charge in [0.15, 0.2) is 17.4 Å². The summed E-state index contributed by atoms with van der Waals surface area (Å²) in [7, 11) is 0. The molecular weight excluding hydrogens is 337 g/mol. The predicted molar refractivity (Wildman–Crippen MR) is 68.9 cm³/mol. The summed E-state index contributed by atoms with van der Waals surface area (Å²) in [6.45, 7) is 0. The Morgan fingerprint density at radius 3 is 2.29 bits per heavy atom. The Morgan fingerprint density at radius 2 is 1.65 bits per heavy atom. The lowest BCUT2D eigenvalue weighted by Gasteiger charge is -2.02. The second kappa shape index (κ2) is 4.91. The minimum Gasteiger partial charge on any atom is -0.289 e. The lowest BCUT2D eigenvalue weighted by atomic mass is 10.0. The number of hydrogen-bond donors (Lipinski definition) is 0. The average molecular weight is 344 g/mol. The number of hydrogen-bond acceptors (Lipinski definition) is 1. The molecule has 0 radical (unpaired) electrons. The molecule has 0 amide bonds. The van der Waals surface area contributed by atoms with Crippen molar-refractivity contribution in [2.75, 3.05) is 0 Å². The molecule has 0 saturated heterocycles. The summed E-state index contributed by atoms with van der Waals surface area (Å²) in [4.78, 5) is 12.0. The smallest absolute Gasteiger partial charge is 0.193 e. The molecule has 0 bridgehead atoms. The highest BCUT2D eigenvalue weighted by molar-refractivity contribution is 14.1. The molecule has 17 heavy (non-hydrogen) atoms. The minimum absolute atomic E-state index is 0.144. The van der Waals surface area contributed by atoms with Gasteiger partial charge in [-0.05, 0) is 52.9 Å². The monoisotopic (exact) mass is 344 g/mol. The van der Waals surface area contributed by atoms with Crippen molar-refractivity contribution in [3.05, 3.63) is 68.8 Å². The summed E-state index contributed by atoms with van der Waals surface area (Å²) < 4.78 is 26.7. The molecule has 0 fully saturated rings. The van der Waals surface area contributed by atoms with Crippen molar-refractivity contribution < 1.29 is 13.6 Å². The van der Waals surface area contributed by atoms with Crippen LogP contribution >= 0.6 is 22.6 Å². The second-order valence-corrected chi connectivity index (χ2v) is 4.71. The van der Waals surface area contributed by atoms with Gasteiger partial charge in [-0.3, -0.25) is 4.79 Å². The molecule has 0 heterocycles. The van der Waals surface area contributed by atoms with Crippen molar-refractivity contribution in [1.82, 2.24) is 0 Å². The largest absolute Gasteiger partial charge is 0.289 e. The van der Waals surface area contributed by atoms with Crippen LogP contribution in [0.3, 0.4) is 0 Å². The number of halogens is 3. The van der Waals surface area contributed by atoms with Gasteiger partial charge in [-0.25, -0.2) is 8.78 Å². The lowest BCUT2D eigenvalue weighted by Crippen LogP contribution is -2.02. The van der Waals surface area contributed by atoms with Crippen molar-refractivity contribution in [2.45, 2.75) is 0 Å². The zero-order valence-electron chi connectivity index (χ0n) is 8.58. The molecule has 0 aliphatic heterocycles. The molecule has 0 saturated carbocycles. The van der Waals surface area contributed by atoms with Gasteiger partial charge in [-0.15, -0.1) is 0 Å². The molecule has 4 heteroatoms. The van der Waals surface area contributed by atoms with Crippen LogP contribution in [0.5, 0.6) is 0 Å². The van der Waals surface area contributed by atoms with E-state index >= 15 is 0 Å². The average Bonchev–Trinajstić information content (AvgIpc) is 2.32. The molecule has 0 aliphatic rings. The summed E-state index contributed by atoms with van der Waals surface area (Å²) in [5.74, 6) is -2.28.